The molecule has 0 bridgehead atoms. The molecule has 7 N–H and O–H groups in total. The summed E-state index contributed by atoms with van der Waals surface area (Å²) in [6, 6.07) is 14.2. The van der Waals surface area contributed by atoms with E-state index in [2.05, 4.69) is 59.4 Å². The molecule has 2 aliphatic heterocycles. The number of nitrogens with one attached hydrogen (secondary N) is 7. The number of benzene rings is 3. The number of carbonyl (C=O) groups is 11. The largest absolute Gasteiger partial charge is 0.465 e. The van der Waals surface area contributed by atoms with E-state index in [1.807, 2.05) is 20.8 Å². The Kier molecular flexibility index (Phi) is 27.7. The Labute approximate surface area is 549 Å². The van der Waals surface area contributed by atoms with Gasteiger partial charge in [-0.1, -0.05) is 75.0 Å². The van der Waals surface area contributed by atoms with Crippen molar-refractivity contribution in [1.29, 1.82) is 0 Å². The van der Waals surface area contributed by atoms with Crippen LogP contribution >= 0.6 is 15.9 Å². The molecular formula is C66H86BrN11O15. The molecule has 3 atom stereocenters. The van der Waals surface area contributed by atoms with Crippen LogP contribution in [0.15, 0.2) is 66.7 Å². The first-order valence-corrected chi connectivity index (χ1v) is 32.2. The van der Waals surface area contributed by atoms with Crippen LogP contribution in [0, 0.1) is 12.8 Å². The van der Waals surface area contributed by atoms with Crippen molar-refractivity contribution < 1.29 is 71.7 Å². The Hall–Kier alpha value is -8.95. The first-order chi connectivity index (χ1) is 44.4. The Balaban J connectivity index is 0.000000302. The summed E-state index contributed by atoms with van der Waals surface area (Å²) in [4.78, 5) is 149. The van der Waals surface area contributed by atoms with Gasteiger partial charge in [0.2, 0.25) is 23.6 Å². The van der Waals surface area contributed by atoms with E-state index in [0.717, 1.165) is 52.6 Å². The monoisotopic (exact) mass is 1350 g/mol. The molecule has 27 heteroatoms. The summed E-state index contributed by atoms with van der Waals surface area (Å²) in [5.41, 5.74) is 5.66. The molecule has 0 aliphatic carbocycles. The second kappa shape index (κ2) is 35.2. The number of methoxy groups -OCH3 is 1. The second-order valence-corrected chi connectivity index (χ2v) is 23.8. The number of ketones is 1. The maximum absolute atomic E-state index is 14.0. The molecule has 93 heavy (non-hydrogen) atoms. The number of ether oxygens (including phenoxy) is 4. The highest BCUT2D eigenvalue weighted by atomic mass is 79.9. The first-order valence-electron chi connectivity index (χ1n) is 31.1. The molecule has 502 valence electrons. The minimum atomic E-state index is -0.750. The van der Waals surface area contributed by atoms with Crippen molar-refractivity contribution in [3.63, 3.8) is 0 Å². The number of aromatic nitrogens is 2. The van der Waals surface area contributed by atoms with Gasteiger partial charge in [0.15, 0.2) is 11.5 Å². The van der Waals surface area contributed by atoms with Crippen LogP contribution < -0.4 is 36.2 Å². The zero-order valence-electron chi connectivity index (χ0n) is 54.5. The molecule has 0 saturated carbocycles. The highest BCUT2D eigenvalue weighted by Gasteiger charge is 2.39. The Morgan fingerprint density at radius 2 is 1.51 bits per heavy atom. The lowest BCUT2D eigenvalue weighted by atomic mass is 9.95. The molecular weight excluding hydrogens is 1270 g/mol. The number of hydrogen-bond donors (Lipinski definition) is 7. The Morgan fingerprint density at radius 3 is 2.15 bits per heavy atom. The number of imide groups is 1. The maximum atomic E-state index is 14.0. The molecule has 0 spiro atoms. The third-order valence-corrected chi connectivity index (χ3v) is 16.2. The minimum absolute atomic E-state index is 0.00288. The maximum Gasteiger partial charge on any atom is 0.415 e. The van der Waals surface area contributed by atoms with Crippen LogP contribution in [0.2, 0.25) is 0 Å². The molecule has 9 amide bonds. The third kappa shape index (κ3) is 20.0. The number of Topliss-reactive ketones (excluding diaryl/α,β-unsaturated/α-hetero) is 1. The molecule has 5 aromatic rings. The molecule has 2 aromatic heterocycles. The van der Waals surface area contributed by atoms with E-state index < -0.39 is 42.1 Å². The number of anilines is 2. The number of H-pyrrole nitrogens is 2. The van der Waals surface area contributed by atoms with Gasteiger partial charge in [-0.15, -0.1) is 0 Å². The van der Waals surface area contributed by atoms with Crippen LogP contribution in [0.5, 0.6) is 5.75 Å². The second-order valence-electron chi connectivity index (χ2n) is 23.1. The van der Waals surface area contributed by atoms with E-state index in [4.69, 9.17) is 18.9 Å². The lowest BCUT2D eigenvalue weighted by molar-refractivity contribution is -0.137. The molecule has 0 fully saturated rings. The van der Waals surface area contributed by atoms with E-state index in [0.29, 0.717) is 76.2 Å². The molecule has 0 radical (unpaired) electrons. The van der Waals surface area contributed by atoms with Crippen LogP contribution in [0.4, 0.5) is 21.0 Å². The van der Waals surface area contributed by atoms with Gasteiger partial charge in [0, 0.05) is 136 Å². The number of aromatic amines is 2. The summed E-state index contributed by atoms with van der Waals surface area (Å²) in [6.45, 7) is 13.2. The topological polar surface area (TPSA) is 329 Å². The Morgan fingerprint density at radius 1 is 0.806 bits per heavy atom. The number of alkyl halides is 1. The van der Waals surface area contributed by atoms with Gasteiger partial charge in [0.25, 0.3) is 17.7 Å². The average Bonchev–Trinajstić information content (AvgIpc) is 1.59. The third-order valence-electron chi connectivity index (χ3n) is 15.4. The predicted molar refractivity (Wildman–Crippen MR) is 353 cm³/mol. The van der Waals surface area contributed by atoms with Gasteiger partial charge in [-0.05, 0) is 80.1 Å². The summed E-state index contributed by atoms with van der Waals surface area (Å²) in [6.07, 6.45) is 5.29. The standard InChI is InChI=1S/C36H55N7O9.C30H31BrN4O6/c1-6-7-8-9-28(34(48)40-27-12-10-26(11-13-27)24-52-36(50)42(4)5)41-35(49)33(25(2)3)39-19-18-37-30(45)17-22-51-23-20-38-29(44)16-21-43-31(46)14-15-32(43)47;1-6-9-34(4)30(39)41-23-12-22-25(26-24(29(38)40-5)15(2)32-27(23)26)19(13-31)14-35(22)28(37)21-11-18-10-17(16(3)36)7-8-20(18)33-21/h10-15,25,28,33,39H,6-9,16-24H2,1-5H3,(H,37,45)(H,38,44)(H,40,48)(H,41,49);7-8,10-12,19,32-33H,6,9,13-14H2,1-5H3/t28-,33-;19-/m01/s1. The highest BCUT2D eigenvalue weighted by molar-refractivity contribution is 9.09. The number of carbonyl (C=O) groups excluding carboxylic acids is 11. The molecule has 7 rings (SSSR count). The van der Waals surface area contributed by atoms with E-state index >= 15 is 0 Å². The van der Waals surface area contributed by atoms with Gasteiger partial charge < -0.3 is 70.2 Å². The lowest BCUT2D eigenvalue weighted by Gasteiger charge is -2.25. The fourth-order valence-electron chi connectivity index (χ4n) is 10.4. The zero-order chi connectivity index (χ0) is 68.1. The summed E-state index contributed by atoms with van der Waals surface area (Å²) in [5, 5.41) is 16.2. The van der Waals surface area contributed by atoms with Crippen molar-refractivity contribution in [2.45, 2.75) is 111 Å². The summed E-state index contributed by atoms with van der Waals surface area (Å²) in [5.74, 6) is -3.01. The van der Waals surface area contributed by atoms with Crippen LogP contribution in [0.25, 0.3) is 21.8 Å². The smallest absolute Gasteiger partial charge is 0.415 e. The van der Waals surface area contributed by atoms with Crippen molar-refractivity contribution >= 4 is 114 Å². The Bertz CT molecular complexity index is 3540. The number of aryl methyl sites for hydroxylation is 1. The quantitative estimate of drug-likeness (QED) is 0.00748. The van der Waals surface area contributed by atoms with Gasteiger partial charge in [-0.3, -0.25) is 43.3 Å². The van der Waals surface area contributed by atoms with Crippen molar-refractivity contribution in [3.05, 3.63) is 100 Å². The van der Waals surface area contributed by atoms with E-state index in [9.17, 15) is 52.7 Å². The fourth-order valence-corrected chi connectivity index (χ4v) is 11.0. The van der Waals surface area contributed by atoms with Crippen molar-refractivity contribution in [2.24, 2.45) is 5.92 Å². The molecule has 0 unspecified atom stereocenters. The molecule has 26 nitrogen and oxygen atoms in total. The van der Waals surface area contributed by atoms with Crippen LogP contribution in [0.3, 0.4) is 0 Å². The summed E-state index contributed by atoms with van der Waals surface area (Å²) < 4.78 is 21.6. The van der Waals surface area contributed by atoms with Crippen LogP contribution in [0.1, 0.15) is 134 Å². The van der Waals surface area contributed by atoms with Crippen LogP contribution in [-0.4, -0.2) is 188 Å². The van der Waals surface area contributed by atoms with Gasteiger partial charge in [0.1, 0.15) is 18.3 Å². The van der Waals surface area contributed by atoms with Gasteiger partial charge in [0.05, 0.1) is 43.1 Å². The number of esters is 1. The minimum Gasteiger partial charge on any atom is -0.465 e. The average molecular weight is 1350 g/mol. The predicted octanol–water partition coefficient (Wildman–Crippen LogP) is 7.38. The first kappa shape index (κ1) is 73.1. The number of hydrogen-bond acceptors (Lipinski definition) is 16. The molecule has 2 aliphatic rings. The normalized spacial score (nSPS) is 13.9. The van der Waals surface area contributed by atoms with Crippen molar-refractivity contribution in [2.75, 3.05) is 96.3 Å². The zero-order valence-corrected chi connectivity index (χ0v) is 56.1. The highest BCUT2D eigenvalue weighted by Crippen LogP contribution is 2.48. The lowest BCUT2D eigenvalue weighted by Crippen LogP contribution is -2.54. The molecule has 0 saturated heterocycles. The van der Waals surface area contributed by atoms with E-state index in [1.165, 1.54) is 36.0 Å². The molecule has 3 aromatic carbocycles. The molecule has 4 heterocycles. The number of rotatable bonds is 31. The number of nitrogens with zero attached hydrogens (tertiary/aromatic N) is 4. The SMILES string of the molecule is CCCCC[C@H](NC(=O)[C@@H](NCCNC(=O)CCOCCNC(=O)CCN1C(=O)C=CC1=O)C(C)C)C(=O)Nc1ccc(COC(=O)N(C)C)cc1.CCCN(C)C(=O)Oc1cc2c(c3c(C(=O)OC)c(C)[nH]c13)[C@H](CBr)CN2C(=O)c1cc2cc(C(C)=O)ccc2[nH]1. The fraction of sp³-hybridized carbons (Fsp3) is 0.470. The van der Waals surface area contributed by atoms with E-state index in [-0.39, 0.29) is 105 Å². The number of fused-ring (bicyclic) bond motifs is 4. The number of amides is 9. The van der Waals surface area contributed by atoms with Gasteiger partial charge in [-0.2, -0.15) is 0 Å². The van der Waals surface area contributed by atoms with Gasteiger partial charge in [-0.25, -0.2) is 14.4 Å². The van der Waals surface area contributed by atoms with Crippen LogP contribution in [-0.2, 0) is 49.6 Å². The number of halogens is 1. The van der Waals surface area contributed by atoms with Gasteiger partial charge >= 0.3 is 18.2 Å². The summed E-state index contributed by atoms with van der Waals surface area (Å²) in [7, 11) is 6.17. The van der Waals surface area contributed by atoms with Crippen molar-refractivity contribution in [3.8, 4) is 5.75 Å². The summed E-state index contributed by atoms with van der Waals surface area (Å²) >= 11 is 3.60. The van der Waals surface area contributed by atoms with Crippen molar-refractivity contribution in [1.82, 2.24) is 45.9 Å². The van der Waals surface area contributed by atoms with E-state index in [1.54, 1.807) is 87.6 Å². The number of unbranched alkanes of at least 4 members (excludes halogenated alkanes) is 2.